The summed E-state index contributed by atoms with van der Waals surface area (Å²) in [6.07, 6.45) is 0.280. The normalized spacial score (nSPS) is 13.7. The van der Waals surface area contributed by atoms with Crippen molar-refractivity contribution >= 4 is 35.0 Å². The molecule has 1 N–H and O–H groups in total. The van der Waals surface area contributed by atoms with Crippen molar-refractivity contribution in [3.05, 3.63) is 70.9 Å². The third kappa shape index (κ3) is 6.44. The lowest BCUT2D eigenvalue weighted by Crippen LogP contribution is -2.38. The minimum absolute atomic E-state index is 0.279. The number of hydrogen-bond donors (Lipinski definition) is 1. The van der Waals surface area contributed by atoms with Gasteiger partial charge in [0.2, 0.25) is 5.95 Å². The molecule has 8 nitrogen and oxygen atoms in total. The molecule has 0 fully saturated rings. The largest absolute Gasteiger partial charge is 0.487 e. The van der Waals surface area contributed by atoms with E-state index in [1.807, 2.05) is 39.0 Å². The second-order valence-electron chi connectivity index (χ2n) is 10.5. The van der Waals surface area contributed by atoms with Gasteiger partial charge in [0.1, 0.15) is 18.0 Å². The highest BCUT2D eigenvalue weighted by atomic mass is 35.5. The number of hydrogen-bond acceptors (Lipinski definition) is 6. The Balaban J connectivity index is 1.37. The van der Waals surface area contributed by atoms with Gasteiger partial charge in [-0.05, 0) is 87.2 Å². The minimum Gasteiger partial charge on any atom is -0.487 e. The number of carbonyl (C=O) groups is 1. The highest BCUT2D eigenvalue weighted by molar-refractivity contribution is 6.31. The zero-order valence-electron chi connectivity index (χ0n) is 22.5. The molecule has 11 heteroatoms. The Morgan fingerprint density at radius 3 is 2.60 bits per heavy atom. The SMILES string of the molecule is CC(C)(C)OC(=O)N1CCc2ccc(Nc3nc4c(-c5cc(Cl)ccc5OCC(F)F)cccn4n3)cc2CC1. The number of carbonyl (C=O) groups excluding carboxylic acids is 1. The van der Waals surface area contributed by atoms with Crippen molar-refractivity contribution < 1.29 is 23.0 Å². The van der Waals surface area contributed by atoms with Gasteiger partial charge < -0.3 is 19.7 Å². The van der Waals surface area contributed by atoms with Gasteiger partial charge in [0, 0.05) is 41.1 Å². The molecule has 1 aliphatic rings. The molecule has 210 valence electrons. The second-order valence-corrected chi connectivity index (χ2v) is 11.0. The number of halogens is 3. The van der Waals surface area contributed by atoms with E-state index in [0.29, 0.717) is 47.3 Å². The number of rotatable bonds is 6. The zero-order valence-corrected chi connectivity index (χ0v) is 23.2. The second kappa shape index (κ2) is 11.3. The third-order valence-corrected chi connectivity index (χ3v) is 6.61. The summed E-state index contributed by atoms with van der Waals surface area (Å²) in [5.74, 6) is 0.648. The fourth-order valence-corrected chi connectivity index (χ4v) is 4.77. The maximum Gasteiger partial charge on any atom is 0.410 e. The molecule has 4 aromatic rings. The van der Waals surface area contributed by atoms with Gasteiger partial charge in [0.15, 0.2) is 5.65 Å². The minimum atomic E-state index is -2.61. The van der Waals surface area contributed by atoms with Crippen LogP contribution in [0.2, 0.25) is 5.02 Å². The predicted octanol–water partition coefficient (Wildman–Crippen LogP) is 6.77. The number of ether oxygens (including phenoxy) is 2. The quantitative estimate of drug-likeness (QED) is 0.276. The van der Waals surface area contributed by atoms with Gasteiger partial charge in [0.05, 0.1) is 0 Å². The molecule has 0 saturated heterocycles. The number of benzene rings is 2. The third-order valence-electron chi connectivity index (χ3n) is 6.38. The number of alkyl halides is 2. The van der Waals surface area contributed by atoms with E-state index in [1.54, 1.807) is 39.9 Å². The molecule has 2 aromatic heterocycles. The fraction of sp³-hybridized carbons (Fsp3) is 0.345. The van der Waals surface area contributed by atoms with Gasteiger partial charge in [-0.1, -0.05) is 17.7 Å². The molecule has 0 aliphatic carbocycles. The monoisotopic (exact) mass is 569 g/mol. The van der Waals surface area contributed by atoms with E-state index in [0.717, 1.165) is 17.7 Å². The molecule has 0 saturated carbocycles. The van der Waals surface area contributed by atoms with Crippen LogP contribution in [-0.2, 0) is 17.6 Å². The Morgan fingerprint density at radius 1 is 1.07 bits per heavy atom. The van der Waals surface area contributed by atoms with Crippen molar-refractivity contribution in [1.29, 1.82) is 0 Å². The maximum atomic E-state index is 12.8. The van der Waals surface area contributed by atoms with Gasteiger partial charge in [-0.25, -0.2) is 18.1 Å². The Labute approximate surface area is 235 Å². The Hall–Kier alpha value is -3.92. The van der Waals surface area contributed by atoms with E-state index in [2.05, 4.69) is 21.5 Å². The van der Waals surface area contributed by atoms with Crippen LogP contribution in [0.3, 0.4) is 0 Å². The average molecular weight is 570 g/mol. The van der Waals surface area contributed by atoms with E-state index >= 15 is 0 Å². The van der Waals surface area contributed by atoms with Crippen molar-refractivity contribution in [2.24, 2.45) is 0 Å². The first kappa shape index (κ1) is 27.6. The molecule has 0 bridgehead atoms. The first-order valence-corrected chi connectivity index (χ1v) is 13.4. The molecule has 0 atom stereocenters. The lowest BCUT2D eigenvalue weighted by atomic mass is 10.0. The van der Waals surface area contributed by atoms with Gasteiger partial charge in [-0.2, -0.15) is 4.98 Å². The molecular weight excluding hydrogens is 540 g/mol. The molecule has 0 spiro atoms. The van der Waals surface area contributed by atoms with Crippen LogP contribution < -0.4 is 10.1 Å². The molecule has 5 rings (SSSR count). The Kier molecular flexibility index (Phi) is 7.80. The van der Waals surface area contributed by atoms with Gasteiger partial charge in [-0.15, -0.1) is 5.10 Å². The van der Waals surface area contributed by atoms with Crippen molar-refractivity contribution in [2.45, 2.75) is 45.6 Å². The van der Waals surface area contributed by atoms with Crippen LogP contribution in [0.25, 0.3) is 16.8 Å². The maximum absolute atomic E-state index is 12.8. The van der Waals surface area contributed by atoms with E-state index < -0.39 is 18.6 Å². The van der Waals surface area contributed by atoms with Crippen molar-refractivity contribution in [1.82, 2.24) is 19.5 Å². The molecule has 40 heavy (non-hydrogen) atoms. The van der Waals surface area contributed by atoms with Crippen LogP contribution in [0.5, 0.6) is 5.75 Å². The van der Waals surface area contributed by atoms with Crippen molar-refractivity contribution in [3.63, 3.8) is 0 Å². The summed E-state index contributed by atoms with van der Waals surface area (Å²) in [6, 6.07) is 14.5. The molecular formula is C29H30ClF2N5O3. The number of anilines is 2. The number of nitrogens with one attached hydrogen (secondary N) is 1. The molecule has 1 amide bonds. The van der Waals surface area contributed by atoms with Crippen LogP contribution in [0.1, 0.15) is 31.9 Å². The van der Waals surface area contributed by atoms with Crippen LogP contribution in [0.15, 0.2) is 54.7 Å². The topological polar surface area (TPSA) is 81.0 Å². The predicted molar refractivity (Wildman–Crippen MR) is 150 cm³/mol. The van der Waals surface area contributed by atoms with Crippen LogP contribution >= 0.6 is 11.6 Å². The average Bonchev–Trinajstić information content (AvgIpc) is 3.17. The lowest BCUT2D eigenvalue weighted by Gasteiger charge is -2.26. The summed E-state index contributed by atoms with van der Waals surface area (Å²) >= 11 is 6.23. The fourth-order valence-electron chi connectivity index (χ4n) is 4.60. The highest BCUT2D eigenvalue weighted by Gasteiger charge is 2.24. The standard InChI is InChI=1S/C29H30ClF2N5O3/c1-29(2,3)40-28(38)36-13-10-18-6-8-21(15-19(18)11-14-36)33-27-34-26-22(5-4-12-37(26)35-27)23-16-20(30)7-9-24(23)39-17-25(31)32/h4-9,12,15-16,25H,10-11,13-14,17H2,1-3H3,(H,33,35). The van der Waals surface area contributed by atoms with Crippen LogP contribution in [0.4, 0.5) is 25.2 Å². The van der Waals surface area contributed by atoms with Crippen LogP contribution in [-0.4, -0.2) is 57.3 Å². The van der Waals surface area contributed by atoms with E-state index in [4.69, 9.17) is 21.1 Å². The number of pyridine rings is 1. The summed E-state index contributed by atoms with van der Waals surface area (Å²) < 4.78 is 38.2. The number of aromatic nitrogens is 3. The first-order valence-electron chi connectivity index (χ1n) is 13.0. The number of fused-ring (bicyclic) bond motifs is 2. The van der Waals surface area contributed by atoms with Gasteiger partial charge in [0.25, 0.3) is 6.43 Å². The van der Waals surface area contributed by atoms with E-state index in [9.17, 15) is 13.6 Å². The van der Waals surface area contributed by atoms with E-state index in [-0.39, 0.29) is 11.8 Å². The zero-order chi connectivity index (χ0) is 28.4. The Morgan fingerprint density at radius 2 is 1.85 bits per heavy atom. The number of nitrogens with zero attached hydrogens (tertiary/aromatic N) is 4. The highest BCUT2D eigenvalue weighted by Crippen LogP contribution is 2.35. The van der Waals surface area contributed by atoms with Crippen molar-refractivity contribution in [3.8, 4) is 16.9 Å². The van der Waals surface area contributed by atoms with Crippen LogP contribution in [0, 0.1) is 0 Å². The van der Waals surface area contributed by atoms with Gasteiger partial charge >= 0.3 is 6.09 Å². The molecule has 1 aliphatic heterocycles. The number of amides is 1. The molecule has 3 heterocycles. The lowest BCUT2D eigenvalue weighted by molar-refractivity contribution is 0.0258. The molecule has 0 radical (unpaired) electrons. The van der Waals surface area contributed by atoms with Gasteiger partial charge in [-0.3, -0.25) is 0 Å². The summed E-state index contributed by atoms with van der Waals surface area (Å²) in [5, 5.41) is 8.26. The van der Waals surface area contributed by atoms with E-state index in [1.165, 1.54) is 5.56 Å². The Bertz CT molecular complexity index is 1540. The van der Waals surface area contributed by atoms with Crippen molar-refractivity contribution in [2.75, 3.05) is 25.0 Å². The summed E-state index contributed by atoms with van der Waals surface area (Å²) in [7, 11) is 0. The molecule has 2 aromatic carbocycles. The summed E-state index contributed by atoms with van der Waals surface area (Å²) in [5.41, 5.74) is 4.28. The molecule has 0 unspecified atom stereocenters. The smallest absolute Gasteiger partial charge is 0.410 e. The first-order chi connectivity index (χ1) is 19.1. The summed E-state index contributed by atoms with van der Waals surface area (Å²) in [4.78, 5) is 19.0. The summed E-state index contributed by atoms with van der Waals surface area (Å²) in [6.45, 7) is 6.02.